The molecule has 0 heterocycles. The summed E-state index contributed by atoms with van der Waals surface area (Å²) in [4.78, 5) is 0. The van der Waals surface area contributed by atoms with Crippen molar-refractivity contribution in [1.29, 1.82) is 0 Å². The Morgan fingerprint density at radius 2 is 1.48 bits per heavy atom. The third-order valence-electron chi connectivity index (χ3n) is 4.50. The molecule has 156 valence electrons. The van der Waals surface area contributed by atoms with E-state index in [1.165, 1.54) is 12.1 Å². The van der Waals surface area contributed by atoms with Crippen molar-refractivity contribution in [2.75, 3.05) is 19.8 Å². The van der Waals surface area contributed by atoms with Crippen LogP contribution in [0.1, 0.15) is 64.5 Å². The lowest BCUT2D eigenvalue weighted by atomic mass is 9.98. The van der Waals surface area contributed by atoms with E-state index >= 15 is 0 Å². The predicted octanol–water partition coefficient (Wildman–Crippen LogP) is 6.21. The van der Waals surface area contributed by atoms with Gasteiger partial charge >= 0.3 is 6.18 Å². The molecule has 0 aliphatic rings. The van der Waals surface area contributed by atoms with Crippen molar-refractivity contribution < 1.29 is 27.4 Å². The van der Waals surface area contributed by atoms with Crippen molar-refractivity contribution in [2.45, 2.75) is 71.9 Å². The van der Waals surface area contributed by atoms with Gasteiger partial charge in [0.15, 0.2) is 0 Å². The van der Waals surface area contributed by atoms with Crippen LogP contribution >= 0.6 is 0 Å². The molecule has 0 spiro atoms. The number of halogens is 3. The lowest BCUT2D eigenvalue weighted by Gasteiger charge is -2.37. The molecule has 1 aromatic rings. The molecule has 0 aromatic heterocycles. The molecule has 0 saturated heterocycles. The van der Waals surface area contributed by atoms with Crippen LogP contribution in [-0.2, 0) is 26.8 Å². The first kappa shape index (κ1) is 23.9. The number of rotatable bonds is 13. The van der Waals surface area contributed by atoms with Gasteiger partial charge in [-0.2, -0.15) is 13.2 Å². The lowest BCUT2D eigenvalue weighted by molar-refractivity contribution is -0.400. The maximum atomic E-state index is 12.8. The minimum atomic E-state index is -4.29. The van der Waals surface area contributed by atoms with E-state index in [1.54, 1.807) is 6.07 Å². The second kappa shape index (κ2) is 11.7. The summed E-state index contributed by atoms with van der Waals surface area (Å²) < 4.78 is 55.7. The van der Waals surface area contributed by atoms with Crippen LogP contribution in [-0.4, -0.2) is 25.8 Å². The number of ether oxygens (including phenoxy) is 3. The van der Waals surface area contributed by atoms with Gasteiger partial charge in [0.05, 0.1) is 5.56 Å². The molecule has 0 aliphatic carbocycles. The average molecular weight is 390 g/mol. The molecule has 0 saturated carbocycles. The highest BCUT2D eigenvalue weighted by Crippen LogP contribution is 2.31. The minimum Gasteiger partial charge on any atom is -0.328 e. The number of unbranched alkanes of at least 4 members (excludes halogenated alkanes) is 2. The second-order valence-electron chi connectivity index (χ2n) is 6.60. The van der Waals surface area contributed by atoms with Crippen LogP contribution in [0.4, 0.5) is 13.2 Å². The zero-order valence-electron chi connectivity index (χ0n) is 16.9. The summed E-state index contributed by atoms with van der Waals surface area (Å²) in [5, 5.41) is 0. The fourth-order valence-corrected chi connectivity index (χ4v) is 3.19. The molecule has 0 aliphatic heterocycles. The number of hydrogen-bond acceptors (Lipinski definition) is 3. The van der Waals surface area contributed by atoms with Crippen molar-refractivity contribution in [2.24, 2.45) is 5.92 Å². The van der Waals surface area contributed by atoms with E-state index < -0.39 is 17.7 Å². The summed E-state index contributed by atoms with van der Waals surface area (Å²) >= 11 is 0. The molecule has 0 amide bonds. The van der Waals surface area contributed by atoms with Crippen LogP contribution in [0.15, 0.2) is 24.3 Å². The number of alkyl halides is 3. The van der Waals surface area contributed by atoms with Crippen LogP contribution in [0, 0.1) is 5.92 Å². The van der Waals surface area contributed by atoms with Gasteiger partial charge in [-0.3, -0.25) is 0 Å². The Balaban J connectivity index is 2.48. The summed E-state index contributed by atoms with van der Waals surface area (Å²) in [6, 6.07) is 5.58. The van der Waals surface area contributed by atoms with E-state index in [1.807, 2.05) is 27.7 Å². The van der Waals surface area contributed by atoms with Crippen LogP contribution in [0.2, 0.25) is 0 Å². The first-order valence-corrected chi connectivity index (χ1v) is 9.87. The highest BCUT2D eigenvalue weighted by Gasteiger charge is 2.38. The molecule has 0 N–H and O–H groups in total. The fraction of sp³-hybridized carbons (Fsp3) is 0.714. The maximum absolute atomic E-state index is 12.8. The summed E-state index contributed by atoms with van der Waals surface area (Å²) in [6.07, 6.45) is -0.0594. The first-order chi connectivity index (χ1) is 12.8. The Kier molecular flexibility index (Phi) is 10.3. The van der Waals surface area contributed by atoms with Gasteiger partial charge in [0.1, 0.15) is 0 Å². The molecule has 0 fully saturated rings. The molecule has 1 aromatic carbocycles. The van der Waals surface area contributed by atoms with Gasteiger partial charge in [-0.1, -0.05) is 38.0 Å². The number of hydrogen-bond donors (Lipinski definition) is 0. The largest absolute Gasteiger partial charge is 0.416 e. The summed E-state index contributed by atoms with van der Waals surface area (Å²) in [5.41, 5.74) is 0.147. The monoisotopic (exact) mass is 390 g/mol. The molecule has 0 radical (unpaired) electrons. The molecule has 27 heavy (non-hydrogen) atoms. The summed E-state index contributed by atoms with van der Waals surface area (Å²) in [5.74, 6) is -0.954. The second-order valence-corrected chi connectivity index (χ2v) is 6.60. The Morgan fingerprint density at radius 1 is 0.889 bits per heavy atom. The number of benzene rings is 1. The van der Waals surface area contributed by atoms with E-state index in [9.17, 15) is 13.2 Å². The van der Waals surface area contributed by atoms with Crippen LogP contribution in [0.3, 0.4) is 0 Å². The van der Waals surface area contributed by atoms with Gasteiger partial charge in [0.25, 0.3) is 5.97 Å². The van der Waals surface area contributed by atoms with Crippen molar-refractivity contribution in [3.63, 3.8) is 0 Å². The molecule has 1 atom stereocenters. The van der Waals surface area contributed by atoms with E-state index in [2.05, 4.69) is 0 Å². The van der Waals surface area contributed by atoms with Crippen LogP contribution < -0.4 is 0 Å². The molecule has 1 rings (SSSR count). The van der Waals surface area contributed by atoms with Crippen LogP contribution in [0.5, 0.6) is 0 Å². The van der Waals surface area contributed by atoms with Crippen molar-refractivity contribution in [3.05, 3.63) is 35.4 Å². The quantitative estimate of drug-likeness (QED) is 0.296. The van der Waals surface area contributed by atoms with Crippen molar-refractivity contribution in [3.8, 4) is 0 Å². The SMILES string of the molecule is CCOC(OCC)(OCC)C(C)CCCCCc1cccc(C(F)(F)F)c1. The smallest absolute Gasteiger partial charge is 0.328 e. The molecule has 0 bridgehead atoms. The third-order valence-corrected chi connectivity index (χ3v) is 4.50. The van der Waals surface area contributed by atoms with Crippen molar-refractivity contribution in [1.82, 2.24) is 0 Å². The standard InChI is InChI=1S/C21H33F3O3/c1-5-25-21(26-6-2,27-7-3)17(4)12-9-8-10-13-18-14-11-15-19(16-18)20(22,23)24/h11,14-17H,5-10,12-13H2,1-4H3. The molecular weight excluding hydrogens is 357 g/mol. The lowest BCUT2D eigenvalue weighted by Crippen LogP contribution is -2.45. The van der Waals surface area contributed by atoms with Gasteiger partial charge in [0.2, 0.25) is 0 Å². The Hall–Kier alpha value is -1.11. The first-order valence-electron chi connectivity index (χ1n) is 9.87. The molecule has 3 nitrogen and oxygen atoms in total. The van der Waals surface area contributed by atoms with Gasteiger partial charge in [-0.05, 0) is 51.7 Å². The maximum Gasteiger partial charge on any atom is 0.416 e. The Morgan fingerprint density at radius 3 is 2.00 bits per heavy atom. The van der Waals surface area contributed by atoms with Crippen LogP contribution in [0.25, 0.3) is 0 Å². The average Bonchev–Trinajstić information content (AvgIpc) is 2.61. The Bertz CT molecular complexity index is 515. The molecular formula is C21H33F3O3. The zero-order chi connectivity index (χ0) is 20.3. The van der Waals surface area contributed by atoms with Gasteiger partial charge < -0.3 is 14.2 Å². The topological polar surface area (TPSA) is 27.7 Å². The predicted molar refractivity (Wildman–Crippen MR) is 100 cm³/mol. The normalized spacial score (nSPS) is 13.7. The van der Waals surface area contributed by atoms with Crippen molar-refractivity contribution >= 4 is 0 Å². The summed E-state index contributed by atoms with van der Waals surface area (Å²) in [6.45, 7) is 9.28. The van der Waals surface area contributed by atoms with E-state index in [4.69, 9.17) is 14.2 Å². The zero-order valence-corrected chi connectivity index (χ0v) is 16.9. The van der Waals surface area contributed by atoms with Gasteiger partial charge in [0, 0.05) is 25.7 Å². The Labute approximate surface area is 161 Å². The van der Waals surface area contributed by atoms with Gasteiger partial charge in [-0.15, -0.1) is 0 Å². The number of aryl methyl sites for hydroxylation is 1. The molecule has 1 unspecified atom stereocenters. The third kappa shape index (κ3) is 7.80. The minimum absolute atomic E-state index is 0.0610. The van der Waals surface area contributed by atoms with E-state index in [0.717, 1.165) is 37.3 Å². The highest BCUT2D eigenvalue weighted by molar-refractivity contribution is 5.25. The van der Waals surface area contributed by atoms with E-state index in [0.29, 0.717) is 26.2 Å². The molecule has 6 heteroatoms. The van der Waals surface area contributed by atoms with Gasteiger partial charge in [-0.25, -0.2) is 0 Å². The summed E-state index contributed by atoms with van der Waals surface area (Å²) in [7, 11) is 0. The highest BCUT2D eigenvalue weighted by atomic mass is 19.4. The van der Waals surface area contributed by atoms with E-state index in [-0.39, 0.29) is 5.92 Å². The fourth-order valence-electron chi connectivity index (χ4n) is 3.19.